The fourth-order valence-corrected chi connectivity index (χ4v) is 3.25. The number of hydrogen-bond donors (Lipinski definition) is 0. The largest absolute Gasteiger partial charge is 0.460 e. The molecule has 37 heavy (non-hydrogen) atoms. The Morgan fingerprint density at radius 2 is 1.22 bits per heavy atom. The number of carbonyl (C=O) groups is 1. The third kappa shape index (κ3) is 4.02. The molecule has 0 saturated carbocycles. The zero-order chi connectivity index (χ0) is 29.2. The lowest BCUT2D eigenvalue weighted by Crippen LogP contribution is -2.74. The molecule has 210 valence electrons. The maximum atomic E-state index is 14.4. The highest BCUT2D eigenvalue weighted by Gasteiger charge is 2.94. The van der Waals surface area contributed by atoms with E-state index < -0.39 is 81.8 Å². The topological polar surface area (TPSA) is 63.5 Å². The Balaban J connectivity index is 2.65. The predicted octanol–water partition coefficient (Wildman–Crippen LogP) is 6.25. The lowest BCUT2D eigenvalue weighted by molar-refractivity contribution is -0.449. The Bertz CT molecular complexity index is 1080. The molecule has 0 radical (unpaired) electrons. The monoisotopic (exact) mass is 574 g/mol. The summed E-state index contributed by atoms with van der Waals surface area (Å²) in [5.74, 6) is -52.4. The molecule has 1 aromatic rings. The first-order valence-corrected chi connectivity index (χ1v) is 9.24. The molecule has 0 unspecified atom stereocenters. The van der Waals surface area contributed by atoms with E-state index in [4.69, 9.17) is 0 Å². The van der Waals surface area contributed by atoms with Crippen LogP contribution in [-0.4, -0.2) is 59.1 Å². The number of rotatable bonds is 7. The Morgan fingerprint density at radius 1 is 0.757 bits per heavy atom. The summed E-state index contributed by atoms with van der Waals surface area (Å²) in [6.07, 6.45) is -8.44. The van der Waals surface area contributed by atoms with Crippen LogP contribution in [0.2, 0.25) is 0 Å². The Morgan fingerprint density at radius 3 is 1.68 bits per heavy atom. The highest BCUT2D eigenvalue weighted by molar-refractivity contribution is 6.02. The van der Waals surface area contributed by atoms with E-state index >= 15 is 0 Å². The van der Waals surface area contributed by atoms with Gasteiger partial charge in [-0.05, 0) is 18.4 Å². The van der Waals surface area contributed by atoms with Crippen molar-refractivity contribution < 1.29 is 75.6 Å². The minimum absolute atomic E-state index is 0.240. The number of aryl methyl sites for hydroxylation is 1. The van der Waals surface area contributed by atoms with Crippen LogP contribution in [0.1, 0.15) is 12.0 Å². The molecule has 0 fully saturated rings. The van der Waals surface area contributed by atoms with Crippen LogP contribution in [0.5, 0.6) is 0 Å². The number of hydrogen-bond acceptors (Lipinski definition) is 3. The Labute approximate surface area is 193 Å². The van der Waals surface area contributed by atoms with Crippen LogP contribution < -0.4 is 4.90 Å². The van der Waals surface area contributed by atoms with E-state index in [1.54, 1.807) is 0 Å². The summed E-state index contributed by atoms with van der Waals surface area (Å²) < 4.78 is 201. The summed E-state index contributed by atoms with van der Waals surface area (Å²) in [7, 11) is 0. The number of para-hydroxylation sites is 1. The quantitative estimate of drug-likeness (QED) is 0.220. The van der Waals surface area contributed by atoms with Crippen LogP contribution in [0.3, 0.4) is 0 Å². The summed E-state index contributed by atoms with van der Waals surface area (Å²) in [6.45, 7) is -1.16. The number of carbonyl (C=O) groups excluding carboxylic acids is 1. The number of benzene rings is 1. The molecule has 0 saturated heterocycles. The van der Waals surface area contributed by atoms with Gasteiger partial charge in [-0.3, -0.25) is 14.9 Å². The van der Waals surface area contributed by atoms with Crippen LogP contribution in [0.25, 0.3) is 0 Å². The molecule has 0 N–H and O–H groups in total. The molecule has 0 spiro atoms. The molecule has 20 heteroatoms. The highest BCUT2D eigenvalue weighted by Crippen LogP contribution is 2.62. The molecule has 1 aliphatic heterocycles. The van der Waals surface area contributed by atoms with Gasteiger partial charge in [-0.15, -0.1) is 0 Å². The second kappa shape index (κ2) is 8.53. The zero-order valence-corrected chi connectivity index (χ0v) is 17.1. The Kier molecular flexibility index (Phi) is 6.98. The van der Waals surface area contributed by atoms with E-state index in [0.29, 0.717) is 6.07 Å². The van der Waals surface area contributed by atoms with Gasteiger partial charge in [0.15, 0.2) is 0 Å². The molecule has 5 nitrogen and oxygen atoms in total. The van der Waals surface area contributed by atoms with Gasteiger partial charge in [-0.25, -0.2) is 0 Å². The van der Waals surface area contributed by atoms with E-state index in [1.807, 2.05) is 0 Å². The van der Waals surface area contributed by atoms with Crippen LogP contribution in [0.15, 0.2) is 18.2 Å². The minimum Gasteiger partial charge on any atom is -0.301 e. The fourth-order valence-electron chi connectivity index (χ4n) is 3.25. The maximum Gasteiger partial charge on any atom is 0.460 e. The van der Waals surface area contributed by atoms with Crippen LogP contribution in [0, 0.1) is 10.1 Å². The van der Waals surface area contributed by atoms with Crippen LogP contribution >= 0.6 is 0 Å². The molecule has 0 aliphatic carbocycles. The van der Waals surface area contributed by atoms with Gasteiger partial charge in [0.2, 0.25) is 0 Å². The van der Waals surface area contributed by atoms with Crippen molar-refractivity contribution >= 4 is 17.3 Å². The van der Waals surface area contributed by atoms with E-state index in [0.717, 1.165) is 12.1 Å². The number of anilines is 1. The van der Waals surface area contributed by atoms with Crippen molar-refractivity contribution in [1.29, 1.82) is 0 Å². The first-order chi connectivity index (χ1) is 16.3. The summed E-state index contributed by atoms with van der Waals surface area (Å²) in [4.78, 5) is 21.3. The second-order valence-electron chi connectivity index (χ2n) is 7.55. The van der Waals surface area contributed by atoms with Gasteiger partial charge < -0.3 is 4.90 Å². The SMILES string of the molecule is O=C(N1CCCc2cccc([N+](=O)[O-])c21)C(F)(F)C(F)(F)C(F)(F)C(F)(F)C(F)(F)C(F)(F)C(F)(F)F. The molecule has 0 aromatic heterocycles. The average molecular weight is 574 g/mol. The molecule has 1 amide bonds. The summed E-state index contributed by atoms with van der Waals surface area (Å²) in [6, 6.07) is 2.39. The predicted molar refractivity (Wildman–Crippen MR) is 89.5 cm³/mol. The van der Waals surface area contributed by atoms with Crippen molar-refractivity contribution in [3.05, 3.63) is 33.9 Å². The first kappa shape index (κ1) is 30.3. The molecule has 2 rings (SSSR count). The molecule has 1 heterocycles. The number of nitrogens with zero attached hydrogens (tertiary/aromatic N) is 2. The maximum absolute atomic E-state index is 14.4. The number of nitro benzene ring substituents is 1. The molecular formula is C17H9F15N2O3. The number of halogens is 15. The van der Waals surface area contributed by atoms with Crippen LogP contribution in [0.4, 0.5) is 77.2 Å². The minimum atomic E-state index is -8.54. The average Bonchev–Trinajstić information content (AvgIpc) is 2.76. The third-order valence-corrected chi connectivity index (χ3v) is 5.23. The second-order valence-corrected chi connectivity index (χ2v) is 7.55. The third-order valence-electron chi connectivity index (χ3n) is 5.23. The van der Waals surface area contributed by atoms with Crippen molar-refractivity contribution in [3.63, 3.8) is 0 Å². The standard InChI is InChI=1S/C17H9F15N2O3/c18-11(19,10(35)33-6-2-4-7-3-1-5-8(9(7)33)34(36)37)12(20,21)13(22,23)14(24,25)15(26,27)16(28,29)17(30,31)32/h1,3,5H,2,4,6H2. The molecule has 0 bridgehead atoms. The van der Waals surface area contributed by atoms with Gasteiger partial charge in [0.05, 0.1) is 4.92 Å². The van der Waals surface area contributed by atoms with Gasteiger partial charge >= 0.3 is 47.6 Å². The number of amides is 1. The first-order valence-electron chi connectivity index (χ1n) is 9.24. The molecule has 1 aliphatic rings. The number of nitro groups is 1. The van der Waals surface area contributed by atoms with Gasteiger partial charge in [-0.1, -0.05) is 12.1 Å². The van der Waals surface area contributed by atoms with E-state index in [9.17, 15) is 80.8 Å². The van der Waals surface area contributed by atoms with E-state index in [1.165, 1.54) is 0 Å². The van der Waals surface area contributed by atoms with Gasteiger partial charge in [0, 0.05) is 12.6 Å². The fraction of sp³-hybridized carbons (Fsp3) is 0.588. The molecule has 0 atom stereocenters. The molecule has 1 aromatic carbocycles. The van der Waals surface area contributed by atoms with Crippen molar-refractivity contribution in [1.82, 2.24) is 0 Å². The zero-order valence-electron chi connectivity index (χ0n) is 17.1. The Hall–Kier alpha value is -2.96. The summed E-state index contributed by atoms with van der Waals surface area (Å²) >= 11 is 0. The summed E-state index contributed by atoms with van der Waals surface area (Å²) in [5.41, 5.74) is -2.79. The van der Waals surface area contributed by atoms with Gasteiger partial charge in [0.25, 0.3) is 5.69 Å². The number of alkyl halides is 15. The highest BCUT2D eigenvalue weighted by atomic mass is 19.4. The van der Waals surface area contributed by atoms with E-state index in [2.05, 4.69) is 0 Å². The van der Waals surface area contributed by atoms with Gasteiger partial charge in [-0.2, -0.15) is 65.9 Å². The lowest BCUT2D eigenvalue weighted by atomic mass is 9.90. The van der Waals surface area contributed by atoms with Crippen molar-refractivity contribution in [3.8, 4) is 0 Å². The molecular weight excluding hydrogens is 565 g/mol. The normalized spacial score (nSPS) is 16.5. The van der Waals surface area contributed by atoms with Crippen molar-refractivity contribution in [2.24, 2.45) is 0 Å². The smallest absolute Gasteiger partial charge is 0.301 e. The number of fused-ring (bicyclic) bond motifs is 1. The van der Waals surface area contributed by atoms with Crippen LogP contribution in [-0.2, 0) is 11.2 Å². The summed E-state index contributed by atoms with van der Waals surface area (Å²) in [5, 5.41) is 11.1. The van der Waals surface area contributed by atoms with E-state index in [-0.39, 0.29) is 12.0 Å². The lowest BCUT2D eigenvalue weighted by Gasteiger charge is -2.42. The van der Waals surface area contributed by atoms with Crippen molar-refractivity contribution in [2.75, 3.05) is 11.4 Å². The van der Waals surface area contributed by atoms with Crippen molar-refractivity contribution in [2.45, 2.75) is 54.6 Å². The van der Waals surface area contributed by atoms with Gasteiger partial charge in [0.1, 0.15) is 5.69 Å².